The van der Waals surface area contributed by atoms with Crippen LogP contribution in [-0.4, -0.2) is 5.11 Å². The van der Waals surface area contributed by atoms with Crippen LogP contribution in [0.4, 0.5) is 8.78 Å². The highest BCUT2D eigenvalue weighted by molar-refractivity contribution is 5.77. The van der Waals surface area contributed by atoms with Crippen molar-refractivity contribution in [1.82, 2.24) is 0 Å². The summed E-state index contributed by atoms with van der Waals surface area (Å²) >= 11 is 0. The molecule has 1 nitrogen and oxygen atoms in total. The van der Waals surface area contributed by atoms with Gasteiger partial charge in [0, 0.05) is 12.0 Å². The summed E-state index contributed by atoms with van der Waals surface area (Å²) in [4.78, 5) is 0. The number of phenolic OH excluding ortho intramolecular Hbond substituents is 1. The van der Waals surface area contributed by atoms with Gasteiger partial charge >= 0.3 is 0 Å². The number of phenols is 1. The molecule has 0 saturated heterocycles. The van der Waals surface area contributed by atoms with Gasteiger partial charge in [-0.25, -0.2) is 8.78 Å². The minimum atomic E-state index is -0.909. The molecule has 0 aliphatic heterocycles. The van der Waals surface area contributed by atoms with Crippen molar-refractivity contribution < 1.29 is 13.9 Å². The van der Waals surface area contributed by atoms with Gasteiger partial charge in [0.15, 0.2) is 17.4 Å². The Hall–Kier alpha value is -1.90. The summed E-state index contributed by atoms with van der Waals surface area (Å²) in [6.07, 6.45) is 0.408. The second-order valence-electron chi connectivity index (χ2n) is 3.88. The molecule has 0 fully saturated rings. The minimum absolute atomic E-state index is 0.375. The summed E-state index contributed by atoms with van der Waals surface area (Å²) in [5.74, 6) is -2.63. The maximum absolute atomic E-state index is 13.6. The van der Waals surface area contributed by atoms with Gasteiger partial charge < -0.3 is 5.11 Å². The summed E-state index contributed by atoms with van der Waals surface area (Å²) in [5.41, 5.74) is 2.72. The monoisotopic (exact) mass is 218 g/mol. The molecule has 3 heteroatoms. The first-order chi connectivity index (χ1) is 7.68. The Kier molecular flexibility index (Phi) is 1.78. The van der Waals surface area contributed by atoms with E-state index < -0.39 is 17.4 Å². The molecule has 0 spiro atoms. The van der Waals surface area contributed by atoms with E-state index in [-0.39, 0.29) is 0 Å². The molecule has 2 aromatic rings. The lowest BCUT2D eigenvalue weighted by Gasteiger charge is -2.04. The molecule has 0 radical (unpaired) electrons. The van der Waals surface area contributed by atoms with E-state index in [1.165, 1.54) is 6.07 Å². The first-order valence-electron chi connectivity index (χ1n) is 4.96. The largest absolute Gasteiger partial charge is 0.503 e. The van der Waals surface area contributed by atoms with Crippen LogP contribution in [0.1, 0.15) is 11.1 Å². The average Bonchev–Trinajstić information content (AvgIpc) is 2.65. The van der Waals surface area contributed by atoms with Crippen LogP contribution in [0.2, 0.25) is 0 Å². The van der Waals surface area contributed by atoms with Gasteiger partial charge in [-0.05, 0) is 22.8 Å². The highest BCUT2D eigenvalue weighted by Gasteiger charge is 2.25. The van der Waals surface area contributed by atoms with E-state index in [0.717, 1.165) is 11.1 Å². The molecule has 1 aliphatic rings. The zero-order chi connectivity index (χ0) is 11.3. The fraction of sp³-hybridized carbons (Fsp3) is 0.0769. The lowest BCUT2D eigenvalue weighted by Crippen LogP contribution is -1.91. The lowest BCUT2D eigenvalue weighted by atomic mass is 10.1. The fourth-order valence-corrected chi connectivity index (χ4v) is 2.19. The Morgan fingerprint density at radius 1 is 1.06 bits per heavy atom. The topological polar surface area (TPSA) is 20.2 Å². The lowest BCUT2D eigenvalue weighted by molar-refractivity contribution is 0.394. The number of halogens is 2. The standard InChI is InChI=1S/C13H8F2O/c14-11-6-9-8-4-2-1-3-7(8)5-10(9)12(15)13(11)16/h1-4,6,16H,5H2. The van der Waals surface area contributed by atoms with Crippen LogP contribution < -0.4 is 0 Å². The van der Waals surface area contributed by atoms with Crippen LogP contribution >= 0.6 is 0 Å². The van der Waals surface area contributed by atoms with Crippen molar-refractivity contribution in [2.45, 2.75) is 6.42 Å². The SMILES string of the molecule is Oc1c(F)cc2c(c1F)Cc1ccccc1-2. The van der Waals surface area contributed by atoms with Crippen molar-refractivity contribution in [3.8, 4) is 16.9 Å². The third-order valence-corrected chi connectivity index (χ3v) is 2.97. The summed E-state index contributed by atoms with van der Waals surface area (Å²) < 4.78 is 26.9. The predicted molar refractivity (Wildman–Crippen MR) is 56.3 cm³/mol. The number of rotatable bonds is 0. The van der Waals surface area contributed by atoms with Gasteiger partial charge in [0.05, 0.1) is 0 Å². The Morgan fingerprint density at radius 2 is 1.81 bits per heavy atom. The number of hydrogen-bond acceptors (Lipinski definition) is 1. The molecule has 0 bridgehead atoms. The molecular formula is C13H8F2O. The zero-order valence-electron chi connectivity index (χ0n) is 8.30. The van der Waals surface area contributed by atoms with Crippen molar-refractivity contribution >= 4 is 0 Å². The summed E-state index contributed by atoms with van der Waals surface area (Å²) in [5, 5.41) is 9.20. The molecule has 0 aromatic heterocycles. The van der Waals surface area contributed by atoms with E-state index in [2.05, 4.69) is 0 Å². The van der Waals surface area contributed by atoms with Crippen molar-refractivity contribution in [3.63, 3.8) is 0 Å². The van der Waals surface area contributed by atoms with Gasteiger partial charge in [0.1, 0.15) is 0 Å². The number of aromatic hydroxyl groups is 1. The van der Waals surface area contributed by atoms with E-state index in [9.17, 15) is 13.9 Å². The molecule has 80 valence electrons. The number of fused-ring (bicyclic) bond motifs is 3. The molecule has 1 aliphatic carbocycles. The van der Waals surface area contributed by atoms with Crippen LogP contribution in [0, 0.1) is 11.6 Å². The molecule has 16 heavy (non-hydrogen) atoms. The van der Waals surface area contributed by atoms with Crippen LogP contribution in [0.15, 0.2) is 30.3 Å². The van der Waals surface area contributed by atoms with Crippen molar-refractivity contribution in [2.24, 2.45) is 0 Å². The number of benzene rings is 2. The van der Waals surface area contributed by atoms with Crippen LogP contribution in [-0.2, 0) is 6.42 Å². The second kappa shape index (κ2) is 3.04. The highest BCUT2D eigenvalue weighted by atomic mass is 19.1. The number of hydrogen-bond donors (Lipinski definition) is 1. The molecule has 0 saturated carbocycles. The van der Waals surface area contributed by atoms with E-state index in [1.807, 2.05) is 24.3 Å². The maximum atomic E-state index is 13.6. The van der Waals surface area contributed by atoms with Gasteiger partial charge in [0.25, 0.3) is 0 Å². The van der Waals surface area contributed by atoms with Crippen molar-refractivity contribution in [3.05, 3.63) is 53.1 Å². The minimum Gasteiger partial charge on any atom is -0.503 e. The van der Waals surface area contributed by atoms with Crippen molar-refractivity contribution in [1.29, 1.82) is 0 Å². The third kappa shape index (κ3) is 1.08. The summed E-state index contributed by atoms with van der Waals surface area (Å²) in [6, 6.07) is 8.59. The maximum Gasteiger partial charge on any atom is 0.188 e. The normalized spacial score (nSPS) is 12.4. The van der Waals surface area contributed by atoms with E-state index in [0.29, 0.717) is 17.5 Å². The Bertz CT molecular complexity index is 591. The van der Waals surface area contributed by atoms with E-state index in [1.54, 1.807) is 0 Å². The molecule has 3 rings (SSSR count). The molecule has 0 atom stereocenters. The van der Waals surface area contributed by atoms with Crippen LogP contribution in [0.3, 0.4) is 0 Å². The molecule has 1 N–H and O–H groups in total. The van der Waals surface area contributed by atoms with Gasteiger partial charge in [-0.15, -0.1) is 0 Å². The summed E-state index contributed by atoms with van der Waals surface area (Å²) in [6.45, 7) is 0. The third-order valence-electron chi connectivity index (χ3n) is 2.97. The first-order valence-corrected chi connectivity index (χ1v) is 4.96. The Balaban J connectivity index is 2.34. The Labute approximate surface area is 91.0 Å². The molecular weight excluding hydrogens is 210 g/mol. The van der Waals surface area contributed by atoms with Gasteiger partial charge in [-0.3, -0.25) is 0 Å². The van der Waals surface area contributed by atoms with Gasteiger partial charge in [-0.1, -0.05) is 24.3 Å². The average molecular weight is 218 g/mol. The molecule has 0 heterocycles. The second-order valence-corrected chi connectivity index (χ2v) is 3.88. The van der Waals surface area contributed by atoms with E-state index in [4.69, 9.17) is 0 Å². The fourth-order valence-electron chi connectivity index (χ4n) is 2.19. The van der Waals surface area contributed by atoms with Crippen LogP contribution in [0.25, 0.3) is 11.1 Å². The van der Waals surface area contributed by atoms with Gasteiger partial charge in [-0.2, -0.15) is 0 Å². The molecule has 2 aromatic carbocycles. The Morgan fingerprint density at radius 3 is 2.62 bits per heavy atom. The van der Waals surface area contributed by atoms with Crippen molar-refractivity contribution in [2.75, 3.05) is 0 Å². The highest BCUT2D eigenvalue weighted by Crippen LogP contribution is 2.41. The zero-order valence-corrected chi connectivity index (χ0v) is 8.30. The smallest absolute Gasteiger partial charge is 0.188 e. The van der Waals surface area contributed by atoms with Gasteiger partial charge in [0.2, 0.25) is 0 Å². The van der Waals surface area contributed by atoms with E-state index >= 15 is 0 Å². The van der Waals surface area contributed by atoms with Crippen LogP contribution in [0.5, 0.6) is 5.75 Å². The first kappa shape index (κ1) is 9.33. The molecule has 0 amide bonds. The molecule has 0 unspecified atom stereocenters. The summed E-state index contributed by atoms with van der Waals surface area (Å²) in [7, 11) is 0. The predicted octanol–water partition coefficient (Wildman–Crippen LogP) is 3.24. The quantitative estimate of drug-likeness (QED) is 0.614.